The zero-order valence-electron chi connectivity index (χ0n) is 13.5. The van der Waals surface area contributed by atoms with Gasteiger partial charge in [0.1, 0.15) is 24.0 Å². The molecule has 2 aromatic carbocycles. The lowest BCUT2D eigenvalue weighted by Crippen LogP contribution is -2.26. The van der Waals surface area contributed by atoms with Crippen LogP contribution in [-0.2, 0) is 11.4 Å². The molecule has 0 aromatic heterocycles. The van der Waals surface area contributed by atoms with Crippen LogP contribution >= 0.6 is 11.6 Å². The first kappa shape index (κ1) is 17.1. The van der Waals surface area contributed by atoms with Crippen molar-refractivity contribution in [3.05, 3.63) is 70.3 Å². The summed E-state index contributed by atoms with van der Waals surface area (Å²) in [5.41, 5.74) is 1.72. The first-order valence-electron chi connectivity index (χ1n) is 8.04. The number of hydrogen-bond acceptors (Lipinski definition) is 3. The Balaban J connectivity index is 1.70. The number of carbonyl (C=O) groups excluding carboxylic acids is 1. The van der Waals surface area contributed by atoms with Crippen molar-refractivity contribution in [3.8, 4) is 11.8 Å². The Kier molecular flexibility index (Phi) is 5.37. The summed E-state index contributed by atoms with van der Waals surface area (Å²) in [7, 11) is 0. The molecule has 3 rings (SSSR count). The molecule has 0 atom stereocenters. The summed E-state index contributed by atoms with van der Waals surface area (Å²) in [5, 5.41) is 12.7. The number of rotatable bonds is 6. The first-order valence-corrected chi connectivity index (χ1v) is 8.42. The summed E-state index contributed by atoms with van der Waals surface area (Å²) in [6.07, 6.45) is 3.53. The number of benzene rings is 2. The van der Waals surface area contributed by atoms with Crippen LogP contribution in [-0.4, -0.2) is 11.9 Å². The summed E-state index contributed by atoms with van der Waals surface area (Å²) < 4.78 is 5.77. The van der Waals surface area contributed by atoms with Gasteiger partial charge in [-0.25, -0.2) is 0 Å². The molecule has 1 amide bonds. The maximum absolute atomic E-state index is 12.0. The lowest BCUT2D eigenvalue weighted by atomic mass is 10.1. The van der Waals surface area contributed by atoms with E-state index in [9.17, 15) is 10.1 Å². The van der Waals surface area contributed by atoms with Crippen molar-refractivity contribution < 1.29 is 9.53 Å². The van der Waals surface area contributed by atoms with E-state index in [1.807, 2.05) is 48.5 Å². The van der Waals surface area contributed by atoms with Crippen molar-refractivity contribution in [1.82, 2.24) is 5.32 Å². The number of nitrogens with one attached hydrogen (secondary N) is 1. The molecular weight excluding hydrogens is 336 g/mol. The lowest BCUT2D eigenvalue weighted by molar-refractivity contribution is -0.117. The number of ether oxygens (including phenoxy) is 1. The molecule has 0 saturated heterocycles. The quantitative estimate of drug-likeness (QED) is 0.628. The van der Waals surface area contributed by atoms with Crippen LogP contribution in [0.2, 0.25) is 5.02 Å². The third-order valence-corrected chi connectivity index (χ3v) is 4.17. The molecule has 0 bridgehead atoms. The Labute approximate surface area is 151 Å². The van der Waals surface area contributed by atoms with Crippen LogP contribution in [0, 0.1) is 11.3 Å². The number of nitriles is 1. The van der Waals surface area contributed by atoms with Gasteiger partial charge < -0.3 is 10.1 Å². The molecule has 0 radical (unpaired) electrons. The molecule has 0 spiro atoms. The molecule has 5 heteroatoms. The lowest BCUT2D eigenvalue weighted by Gasteiger charge is -2.08. The second-order valence-corrected chi connectivity index (χ2v) is 6.28. The smallest absolute Gasteiger partial charge is 0.262 e. The summed E-state index contributed by atoms with van der Waals surface area (Å²) >= 11 is 6.12. The third-order valence-electron chi connectivity index (χ3n) is 3.80. The highest BCUT2D eigenvalue weighted by atomic mass is 35.5. The zero-order chi connectivity index (χ0) is 17.6. The largest absolute Gasteiger partial charge is 0.489 e. The number of hydrogen-bond donors (Lipinski definition) is 1. The van der Waals surface area contributed by atoms with E-state index in [1.54, 1.807) is 12.1 Å². The molecule has 0 unspecified atom stereocenters. The second-order valence-electron chi connectivity index (χ2n) is 5.87. The van der Waals surface area contributed by atoms with Crippen LogP contribution < -0.4 is 10.1 Å². The van der Waals surface area contributed by atoms with E-state index >= 15 is 0 Å². The molecule has 1 aliphatic rings. The SMILES string of the molecule is N#C/C(=C\c1cccc(OCc2ccccc2Cl)c1)C(=O)NC1CC1. The average Bonchev–Trinajstić information content (AvgIpc) is 3.43. The van der Waals surface area contributed by atoms with Crippen molar-refractivity contribution in [1.29, 1.82) is 5.26 Å². The van der Waals surface area contributed by atoms with E-state index in [4.69, 9.17) is 16.3 Å². The fraction of sp³-hybridized carbons (Fsp3) is 0.200. The van der Waals surface area contributed by atoms with Crippen LogP contribution in [0.4, 0.5) is 0 Å². The molecule has 4 nitrogen and oxygen atoms in total. The Bertz CT molecular complexity index is 851. The van der Waals surface area contributed by atoms with Crippen LogP contribution in [0.1, 0.15) is 24.0 Å². The minimum atomic E-state index is -0.326. The van der Waals surface area contributed by atoms with Gasteiger partial charge in [0, 0.05) is 16.6 Å². The fourth-order valence-corrected chi connectivity index (χ4v) is 2.47. The number of halogens is 1. The van der Waals surface area contributed by atoms with Gasteiger partial charge in [-0.1, -0.05) is 41.9 Å². The molecule has 1 aliphatic carbocycles. The highest BCUT2D eigenvalue weighted by Gasteiger charge is 2.24. The van der Waals surface area contributed by atoms with Crippen molar-refractivity contribution >= 4 is 23.6 Å². The van der Waals surface area contributed by atoms with Gasteiger partial charge in [-0.05, 0) is 42.7 Å². The Hall–Kier alpha value is -2.77. The Morgan fingerprint density at radius 1 is 1.28 bits per heavy atom. The van der Waals surface area contributed by atoms with E-state index in [0.29, 0.717) is 17.4 Å². The average molecular weight is 353 g/mol. The standard InChI is InChI=1S/C20H17ClN2O2/c21-19-7-2-1-5-15(19)13-25-18-6-3-4-14(11-18)10-16(12-22)20(24)23-17-8-9-17/h1-7,10-11,17H,8-9,13H2,(H,23,24)/b16-10+. The molecule has 126 valence electrons. The molecule has 0 heterocycles. The summed E-state index contributed by atoms with van der Waals surface area (Å²) in [6, 6.07) is 16.9. The Morgan fingerprint density at radius 2 is 2.08 bits per heavy atom. The number of amides is 1. The normalized spacial score (nSPS) is 13.8. The number of nitrogens with zero attached hydrogens (tertiary/aromatic N) is 1. The van der Waals surface area contributed by atoms with E-state index < -0.39 is 0 Å². The molecule has 1 N–H and O–H groups in total. The minimum absolute atomic E-state index is 0.0927. The fourth-order valence-electron chi connectivity index (χ4n) is 2.28. The van der Waals surface area contributed by atoms with Crippen LogP contribution in [0.15, 0.2) is 54.1 Å². The van der Waals surface area contributed by atoms with E-state index in [1.165, 1.54) is 0 Å². The van der Waals surface area contributed by atoms with Gasteiger partial charge in [-0.3, -0.25) is 4.79 Å². The molecule has 1 fully saturated rings. The Morgan fingerprint density at radius 3 is 2.80 bits per heavy atom. The summed E-state index contributed by atoms with van der Waals surface area (Å²) in [4.78, 5) is 12.0. The zero-order valence-corrected chi connectivity index (χ0v) is 14.3. The van der Waals surface area contributed by atoms with Crippen molar-refractivity contribution in [3.63, 3.8) is 0 Å². The highest BCUT2D eigenvalue weighted by molar-refractivity contribution is 6.31. The van der Waals surface area contributed by atoms with Crippen molar-refractivity contribution in [2.24, 2.45) is 0 Å². The van der Waals surface area contributed by atoms with Gasteiger partial charge in [0.25, 0.3) is 5.91 Å². The van der Waals surface area contributed by atoms with Crippen LogP contribution in [0.3, 0.4) is 0 Å². The monoisotopic (exact) mass is 352 g/mol. The molecule has 2 aromatic rings. The third kappa shape index (κ3) is 4.85. The van der Waals surface area contributed by atoms with Crippen molar-refractivity contribution in [2.75, 3.05) is 0 Å². The maximum atomic E-state index is 12.0. The van der Waals surface area contributed by atoms with E-state index in [2.05, 4.69) is 5.32 Å². The van der Waals surface area contributed by atoms with Crippen LogP contribution in [0.5, 0.6) is 5.75 Å². The van der Waals surface area contributed by atoms with Gasteiger partial charge in [0.2, 0.25) is 0 Å². The van der Waals surface area contributed by atoms with Crippen molar-refractivity contribution in [2.45, 2.75) is 25.5 Å². The molecule has 25 heavy (non-hydrogen) atoms. The van der Waals surface area contributed by atoms with E-state index in [0.717, 1.165) is 24.0 Å². The van der Waals surface area contributed by atoms with Gasteiger partial charge >= 0.3 is 0 Å². The van der Waals surface area contributed by atoms with Gasteiger partial charge in [0.15, 0.2) is 0 Å². The maximum Gasteiger partial charge on any atom is 0.262 e. The van der Waals surface area contributed by atoms with Crippen LogP contribution in [0.25, 0.3) is 6.08 Å². The summed E-state index contributed by atoms with van der Waals surface area (Å²) in [6.45, 7) is 0.347. The number of carbonyl (C=O) groups is 1. The molecular formula is C20H17ClN2O2. The van der Waals surface area contributed by atoms with Gasteiger partial charge in [-0.15, -0.1) is 0 Å². The predicted octanol–water partition coefficient (Wildman–Crippen LogP) is 4.10. The highest BCUT2D eigenvalue weighted by Crippen LogP contribution is 2.22. The molecule has 0 aliphatic heterocycles. The summed E-state index contributed by atoms with van der Waals surface area (Å²) in [5.74, 6) is 0.320. The molecule has 1 saturated carbocycles. The van der Waals surface area contributed by atoms with Gasteiger partial charge in [0.05, 0.1) is 0 Å². The topological polar surface area (TPSA) is 62.1 Å². The predicted molar refractivity (Wildman–Crippen MR) is 97.0 cm³/mol. The van der Waals surface area contributed by atoms with E-state index in [-0.39, 0.29) is 17.5 Å². The second kappa shape index (κ2) is 7.87. The van der Waals surface area contributed by atoms with Gasteiger partial charge in [-0.2, -0.15) is 5.26 Å². The minimum Gasteiger partial charge on any atom is -0.489 e. The first-order chi connectivity index (χ1) is 12.2.